The van der Waals surface area contributed by atoms with E-state index in [9.17, 15) is 23.4 Å². The van der Waals surface area contributed by atoms with E-state index in [1.54, 1.807) is 12.3 Å². The summed E-state index contributed by atoms with van der Waals surface area (Å²) in [5, 5.41) is 30.4. The maximum Gasteiger partial charge on any atom is 0.416 e. The molecule has 0 aliphatic carbocycles. The van der Waals surface area contributed by atoms with Crippen molar-refractivity contribution in [2.75, 3.05) is 18.4 Å². The van der Waals surface area contributed by atoms with Gasteiger partial charge < -0.3 is 20.8 Å². The zero-order valence-corrected chi connectivity index (χ0v) is 15.4. The number of aliphatic hydroxyl groups excluding tert-OH is 1. The van der Waals surface area contributed by atoms with E-state index in [1.165, 1.54) is 11.4 Å². The van der Waals surface area contributed by atoms with E-state index < -0.39 is 23.6 Å². The molecule has 1 aromatic carbocycles. The summed E-state index contributed by atoms with van der Waals surface area (Å²) in [6.07, 6.45) is -2.87. The van der Waals surface area contributed by atoms with Gasteiger partial charge in [0.1, 0.15) is 5.75 Å². The molecular formula is C18H19F3N6O2. The Bertz CT molecular complexity index is 1030. The molecule has 0 bridgehead atoms. The predicted molar refractivity (Wildman–Crippen MR) is 98.5 cm³/mol. The minimum absolute atomic E-state index is 0.0446. The Kier molecular flexibility index (Phi) is 4.79. The lowest BCUT2D eigenvalue weighted by atomic mass is 10.0. The summed E-state index contributed by atoms with van der Waals surface area (Å²) in [5.41, 5.74) is -0.184. The van der Waals surface area contributed by atoms with Crippen LogP contribution in [-0.2, 0) is 6.18 Å². The third-order valence-corrected chi connectivity index (χ3v) is 4.77. The number of alkyl halides is 3. The molecule has 154 valence electrons. The van der Waals surface area contributed by atoms with E-state index in [0.29, 0.717) is 31.5 Å². The largest absolute Gasteiger partial charge is 0.507 e. The topological polar surface area (TPSA) is 108 Å². The number of phenolic OH excluding ortho intramolecular Hbond substituents is 1. The number of β-amino-alcohol motifs (C(OH)–C–C–N with tert-alkyl or cyclic N) is 1. The quantitative estimate of drug-likeness (QED) is 0.525. The van der Waals surface area contributed by atoms with E-state index in [-0.39, 0.29) is 28.6 Å². The number of phenols is 1. The van der Waals surface area contributed by atoms with Gasteiger partial charge in [0, 0.05) is 30.9 Å². The lowest BCUT2D eigenvalue weighted by molar-refractivity contribution is -0.137. The molecule has 0 unspecified atom stereocenters. The van der Waals surface area contributed by atoms with Crippen LogP contribution in [0, 0.1) is 6.92 Å². The first-order chi connectivity index (χ1) is 13.7. The van der Waals surface area contributed by atoms with Crippen molar-refractivity contribution >= 4 is 11.7 Å². The van der Waals surface area contributed by atoms with Gasteiger partial charge >= 0.3 is 6.18 Å². The highest BCUT2D eigenvalue weighted by atomic mass is 19.4. The average Bonchev–Trinajstić information content (AvgIpc) is 3.02. The minimum Gasteiger partial charge on any atom is -0.507 e. The van der Waals surface area contributed by atoms with Gasteiger partial charge in [0.2, 0.25) is 5.95 Å². The van der Waals surface area contributed by atoms with Crippen LogP contribution in [0.4, 0.5) is 19.1 Å². The Morgan fingerprint density at radius 2 is 2.03 bits per heavy atom. The molecule has 4 rings (SSSR count). The Balaban J connectivity index is 1.64. The number of piperidine rings is 1. The molecule has 2 atom stereocenters. The van der Waals surface area contributed by atoms with Crippen molar-refractivity contribution in [1.29, 1.82) is 0 Å². The molecule has 1 aliphatic rings. The van der Waals surface area contributed by atoms with Crippen LogP contribution in [0.2, 0.25) is 0 Å². The van der Waals surface area contributed by atoms with E-state index in [2.05, 4.69) is 25.7 Å². The minimum atomic E-state index is -4.55. The average molecular weight is 408 g/mol. The van der Waals surface area contributed by atoms with E-state index in [4.69, 9.17) is 0 Å². The van der Waals surface area contributed by atoms with Gasteiger partial charge in [-0.05, 0) is 37.1 Å². The second-order valence-electron chi connectivity index (χ2n) is 7.07. The summed E-state index contributed by atoms with van der Waals surface area (Å²) in [5.74, 6) is 0.0474. The number of hydrogen-bond acceptors (Lipinski definition) is 7. The van der Waals surface area contributed by atoms with Gasteiger partial charge in [-0.2, -0.15) is 18.2 Å². The Hall–Kier alpha value is -2.92. The number of aryl methyl sites for hydroxylation is 1. The Labute approximate surface area is 163 Å². The molecule has 0 saturated carbocycles. The predicted octanol–water partition coefficient (Wildman–Crippen LogP) is 1.96. The Morgan fingerprint density at radius 3 is 2.72 bits per heavy atom. The van der Waals surface area contributed by atoms with Crippen LogP contribution in [0.15, 0.2) is 24.4 Å². The summed E-state index contributed by atoms with van der Waals surface area (Å²) in [7, 11) is 0. The second kappa shape index (κ2) is 7.16. The number of benzene rings is 1. The van der Waals surface area contributed by atoms with Crippen LogP contribution in [0.3, 0.4) is 0 Å². The van der Waals surface area contributed by atoms with Crippen LogP contribution in [0.1, 0.15) is 17.5 Å². The highest BCUT2D eigenvalue weighted by Gasteiger charge is 2.32. The van der Waals surface area contributed by atoms with Gasteiger partial charge in [-0.1, -0.05) is 0 Å². The van der Waals surface area contributed by atoms with Crippen molar-refractivity contribution in [3.8, 4) is 17.0 Å². The maximum atomic E-state index is 12.9. The zero-order valence-electron chi connectivity index (χ0n) is 15.4. The number of hydrogen-bond donors (Lipinski definition) is 4. The fourth-order valence-electron chi connectivity index (χ4n) is 3.46. The van der Waals surface area contributed by atoms with Gasteiger partial charge in [0.05, 0.1) is 17.4 Å². The van der Waals surface area contributed by atoms with Crippen molar-refractivity contribution in [3.05, 3.63) is 35.5 Å². The molecule has 2 aromatic heterocycles. The van der Waals surface area contributed by atoms with Crippen LogP contribution in [-0.4, -0.2) is 55.0 Å². The third kappa shape index (κ3) is 3.96. The number of nitrogens with one attached hydrogen (secondary N) is 2. The number of nitrogens with zero attached hydrogens (tertiary/aromatic N) is 4. The van der Waals surface area contributed by atoms with E-state index in [0.717, 1.165) is 6.07 Å². The molecule has 4 N–H and O–H groups in total. The first-order valence-electron chi connectivity index (χ1n) is 9.00. The summed E-state index contributed by atoms with van der Waals surface area (Å²) >= 11 is 0. The number of aromatic nitrogens is 4. The zero-order chi connectivity index (χ0) is 20.8. The fraction of sp³-hybridized carbons (Fsp3) is 0.389. The number of aliphatic hydroxyl groups is 1. The van der Waals surface area contributed by atoms with Crippen LogP contribution < -0.4 is 10.6 Å². The van der Waals surface area contributed by atoms with Crippen molar-refractivity contribution < 1.29 is 23.4 Å². The molecule has 0 spiro atoms. The standard InChI is InChI=1S/C18H19F3N6O2/c1-9-4-10(18(19,20)21)5-14(29)15(9)13-2-3-27-17(24-13)25-16(26-27)23-11-6-12(28)8-22-7-11/h2-5,11-12,22,28-29H,6-8H2,1H3,(H,23,26)/t11-,12+/m1/s1. The van der Waals surface area contributed by atoms with Gasteiger partial charge in [0.15, 0.2) is 0 Å². The van der Waals surface area contributed by atoms with Crippen molar-refractivity contribution in [2.45, 2.75) is 31.7 Å². The highest BCUT2D eigenvalue weighted by Crippen LogP contribution is 2.38. The van der Waals surface area contributed by atoms with Crippen molar-refractivity contribution in [2.24, 2.45) is 0 Å². The Morgan fingerprint density at radius 1 is 1.24 bits per heavy atom. The smallest absolute Gasteiger partial charge is 0.416 e. The van der Waals surface area contributed by atoms with E-state index >= 15 is 0 Å². The van der Waals surface area contributed by atoms with Gasteiger partial charge in [-0.25, -0.2) is 9.50 Å². The summed E-state index contributed by atoms with van der Waals surface area (Å²) in [6, 6.07) is 3.16. The normalized spacial score (nSPS) is 20.2. The molecule has 3 aromatic rings. The summed E-state index contributed by atoms with van der Waals surface area (Å²) in [6.45, 7) is 2.68. The van der Waals surface area contributed by atoms with E-state index in [1.807, 2.05) is 0 Å². The van der Waals surface area contributed by atoms with Crippen LogP contribution >= 0.6 is 0 Å². The van der Waals surface area contributed by atoms with Gasteiger partial charge in [0.25, 0.3) is 5.78 Å². The van der Waals surface area contributed by atoms with Crippen molar-refractivity contribution in [3.63, 3.8) is 0 Å². The molecule has 3 heterocycles. The second-order valence-corrected chi connectivity index (χ2v) is 7.07. The van der Waals surface area contributed by atoms with Crippen molar-refractivity contribution in [1.82, 2.24) is 24.9 Å². The molecule has 8 nitrogen and oxygen atoms in total. The molecule has 1 saturated heterocycles. The molecule has 29 heavy (non-hydrogen) atoms. The molecule has 0 radical (unpaired) electrons. The summed E-state index contributed by atoms with van der Waals surface area (Å²) < 4.78 is 40.2. The highest BCUT2D eigenvalue weighted by molar-refractivity contribution is 5.72. The SMILES string of the molecule is Cc1cc(C(F)(F)F)cc(O)c1-c1ccn2nc(N[C@H]3CNC[C@@H](O)C3)nc2n1. The number of fused-ring (bicyclic) bond motifs is 1. The maximum absolute atomic E-state index is 12.9. The molecule has 1 fully saturated rings. The number of aromatic hydroxyl groups is 1. The molecule has 0 amide bonds. The van der Waals surface area contributed by atoms with Gasteiger partial charge in [-0.3, -0.25) is 0 Å². The lowest BCUT2D eigenvalue weighted by Crippen LogP contribution is -2.45. The number of anilines is 1. The van der Waals surface area contributed by atoms with Gasteiger partial charge in [-0.15, -0.1) is 5.10 Å². The fourth-order valence-corrected chi connectivity index (χ4v) is 3.46. The molecule has 1 aliphatic heterocycles. The monoisotopic (exact) mass is 408 g/mol. The third-order valence-electron chi connectivity index (χ3n) is 4.77. The number of halogens is 3. The number of rotatable bonds is 3. The summed E-state index contributed by atoms with van der Waals surface area (Å²) in [4.78, 5) is 8.62. The molecule has 11 heteroatoms. The van der Waals surface area contributed by atoms with Crippen LogP contribution in [0.5, 0.6) is 5.75 Å². The molecular weight excluding hydrogens is 389 g/mol. The first kappa shape index (κ1) is 19.4. The first-order valence-corrected chi connectivity index (χ1v) is 9.00. The van der Waals surface area contributed by atoms with Crippen LogP contribution in [0.25, 0.3) is 17.0 Å². The lowest BCUT2D eigenvalue weighted by Gasteiger charge is -2.26.